The van der Waals surface area contributed by atoms with Crippen LogP contribution in [0, 0.1) is 6.92 Å². The van der Waals surface area contributed by atoms with Gasteiger partial charge in [-0.3, -0.25) is 14.5 Å². The number of aliphatic hydroxyl groups excluding tert-OH is 1. The fraction of sp³-hybridized carbons (Fsp3) is 0.179. The Hall–Kier alpha value is -4.59. The number of methoxy groups -OCH3 is 3. The Labute approximate surface area is 208 Å². The number of esters is 1. The molecule has 8 heteroatoms. The van der Waals surface area contributed by atoms with Crippen LogP contribution in [0.4, 0.5) is 5.69 Å². The van der Waals surface area contributed by atoms with Crippen LogP contribution in [0.25, 0.3) is 5.76 Å². The molecule has 3 aromatic rings. The molecule has 1 unspecified atom stereocenters. The van der Waals surface area contributed by atoms with Gasteiger partial charge >= 0.3 is 5.97 Å². The number of anilines is 1. The molecule has 0 bridgehead atoms. The summed E-state index contributed by atoms with van der Waals surface area (Å²) in [5.41, 5.74) is 2.10. The second-order valence-electron chi connectivity index (χ2n) is 8.17. The number of ether oxygens (including phenoxy) is 3. The van der Waals surface area contributed by atoms with E-state index < -0.39 is 23.7 Å². The second-order valence-corrected chi connectivity index (χ2v) is 8.17. The molecule has 1 N–H and O–H groups in total. The minimum atomic E-state index is -0.953. The van der Waals surface area contributed by atoms with E-state index in [1.807, 2.05) is 0 Å². The number of carbonyl (C=O) groups excluding carboxylic acids is 3. The van der Waals surface area contributed by atoms with Gasteiger partial charge in [0, 0.05) is 11.3 Å². The van der Waals surface area contributed by atoms with Gasteiger partial charge in [-0.05, 0) is 66.6 Å². The molecule has 3 aromatic carbocycles. The first kappa shape index (κ1) is 24.5. The van der Waals surface area contributed by atoms with E-state index in [9.17, 15) is 19.5 Å². The Morgan fingerprint density at radius 3 is 2.17 bits per heavy atom. The second kappa shape index (κ2) is 9.95. The summed E-state index contributed by atoms with van der Waals surface area (Å²) in [4.78, 5) is 40.1. The number of benzene rings is 3. The molecule has 1 aliphatic heterocycles. The van der Waals surface area contributed by atoms with E-state index in [2.05, 4.69) is 0 Å². The van der Waals surface area contributed by atoms with Crippen LogP contribution in [0.15, 0.2) is 72.3 Å². The van der Waals surface area contributed by atoms with E-state index in [1.54, 1.807) is 67.6 Å². The van der Waals surface area contributed by atoms with Gasteiger partial charge in [0.1, 0.15) is 17.3 Å². The molecule has 0 radical (unpaired) electrons. The van der Waals surface area contributed by atoms with Crippen LogP contribution < -0.4 is 14.4 Å². The first-order chi connectivity index (χ1) is 17.3. The molecule has 1 saturated heterocycles. The third-order valence-electron chi connectivity index (χ3n) is 6.11. The highest BCUT2D eigenvalue weighted by Gasteiger charge is 2.47. The molecule has 1 fully saturated rings. The van der Waals surface area contributed by atoms with Crippen molar-refractivity contribution in [1.29, 1.82) is 0 Å². The number of aliphatic hydroxyl groups is 1. The topological polar surface area (TPSA) is 102 Å². The molecular weight excluding hydrogens is 462 g/mol. The van der Waals surface area contributed by atoms with Gasteiger partial charge in [-0.1, -0.05) is 18.2 Å². The van der Waals surface area contributed by atoms with Crippen molar-refractivity contribution < 1.29 is 33.7 Å². The Morgan fingerprint density at radius 1 is 0.889 bits per heavy atom. The number of Topliss-reactive ketones (excluding diaryl/α,β-unsaturated/α-hetero) is 1. The van der Waals surface area contributed by atoms with Crippen molar-refractivity contribution in [2.45, 2.75) is 13.0 Å². The van der Waals surface area contributed by atoms with Crippen molar-refractivity contribution in [1.82, 2.24) is 0 Å². The first-order valence-electron chi connectivity index (χ1n) is 11.1. The molecule has 0 aromatic heterocycles. The predicted octanol–water partition coefficient (Wildman–Crippen LogP) is 4.43. The van der Waals surface area contributed by atoms with Crippen molar-refractivity contribution in [3.8, 4) is 11.5 Å². The number of ketones is 1. The normalized spacial score (nSPS) is 16.7. The van der Waals surface area contributed by atoms with E-state index in [0.29, 0.717) is 33.9 Å². The average Bonchev–Trinajstić information content (AvgIpc) is 3.17. The number of aryl methyl sites for hydroxylation is 1. The van der Waals surface area contributed by atoms with E-state index in [1.165, 1.54) is 32.3 Å². The molecule has 1 atom stereocenters. The number of hydrogen-bond donors (Lipinski definition) is 1. The highest BCUT2D eigenvalue weighted by atomic mass is 16.5. The molecular formula is C28H25NO7. The summed E-state index contributed by atoms with van der Waals surface area (Å²) in [6.07, 6.45) is 0. The number of nitrogens with zero attached hydrogens (tertiary/aromatic N) is 1. The highest BCUT2D eigenvalue weighted by molar-refractivity contribution is 6.51. The molecule has 4 rings (SSSR count). The highest BCUT2D eigenvalue weighted by Crippen LogP contribution is 2.43. The van der Waals surface area contributed by atoms with Crippen LogP contribution >= 0.6 is 0 Å². The van der Waals surface area contributed by atoms with Crippen molar-refractivity contribution >= 4 is 29.1 Å². The van der Waals surface area contributed by atoms with Crippen LogP contribution in [-0.4, -0.2) is 44.1 Å². The maximum atomic E-state index is 13.4. The summed E-state index contributed by atoms with van der Waals surface area (Å²) in [6.45, 7) is 1.77. The Morgan fingerprint density at radius 2 is 1.56 bits per heavy atom. The van der Waals surface area contributed by atoms with Gasteiger partial charge in [0.2, 0.25) is 0 Å². The van der Waals surface area contributed by atoms with Crippen molar-refractivity contribution in [2.75, 3.05) is 26.2 Å². The van der Waals surface area contributed by atoms with Gasteiger partial charge in [0.05, 0.1) is 38.5 Å². The smallest absolute Gasteiger partial charge is 0.337 e. The molecule has 1 amide bonds. The van der Waals surface area contributed by atoms with Crippen LogP contribution in [0.3, 0.4) is 0 Å². The molecule has 0 spiro atoms. The molecule has 0 aliphatic carbocycles. The van der Waals surface area contributed by atoms with E-state index in [-0.39, 0.29) is 16.9 Å². The SMILES string of the molecule is COC(=O)c1cccc(N2C(=O)C(=O)/C(=C(\O)c3ccc(OC)cc3C)C2c2ccc(OC)cc2)c1. The summed E-state index contributed by atoms with van der Waals surface area (Å²) in [7, 11) is 4.33. The Bertz CT molecular complexity index is 1370. The van der Waals surface area contributed by atoms with Crippen LogP contribution in [0.5, 0.6) is 11.5 Å². The molecule has 36 heavy (non-hydrogen) atoms. The van der Waals surface area contributed by atoms with Gasteiger partial charge in [-0.2, -0.15) is 0 Å². The van der Waals surface area contributed by atoms with Gasteiger partial charge in [-0.25, -0.2) is 4.79 Å². The van der Waals surface area contributed by atoms with Crippen molar-refractivity contribution in [2.24, 2.45) is 0 Å². The zero-order valence-electron chi connectivity index (χ0n) is 20.3. The lowest BCUT2D eigenvalue weighted by Gasteiger charge is -2.26. The fourth-order valence-electron chi connectivity index (χ4n) is 4.27. The third-order valence-corrected chi connectivity index (χ3v) is 6.11. The largest absolute Gasteiger partial charge is 0.507 e. The van der Waals surface area contributed by atoms with Gasteiger partial charge in [0.15, 0.2) is 0 Å². The van der Waals surface area contributed by atoms with Crippen LogP contribution in [-0.2, 0) is 14.3 Å². The van der Waals surface area contributed by atoms with E-state index in [0.717, 1.165) is 0 Å². The van der Waals surface area contributed by atoms with Gasteiger partial charge in [-0.15, -0.1) is 0 Å². The van der Waals surface area contributed by atoms with Gasteiger partial charge < -0.3 is 19.3 Å². The molecule has 1 aliphatic rings. The number of amides is 1. The van der Waals surface area contributed by atoms with E-state index >= 15 is 0 Å². The summed E-state index contributed by atoms with van der Waals surface area (Å²) < 4.78 is 15.3. The minimum Gasteiger partial charge on any atom is -0.507 e. The number of carbonyl (C=O) groups is 3. The third kappa shape index (κ3) is 4.29. The lowest BCUT2D eigenvalue weighted by Crippen LogP contribution is -2.29. The maximum absolute atomic E-state index is 13.4. The van der Waals surface area contributed by atoms with E-state index in [4.69, 9.17) is 14.2 Å². The molecule has 184 valence electrons. The zero-order chi connectivity index (χ0) is 26.0. The zero-order valence-corrected chi connectivity index (χ0v) is 20.3. The molecule has 1 heterocycles. The summed E-state index contributed by atoms with van der Waals surface area (Å²) in [6, 6.07) is 17.2. The summed E-state index contributed by atoms with van der Waals surface area (Å²) in [5, 5.41) is 11.4. The first-order valence-corrected chi connectivity index (χ1v) is 11.1. The standard InChI is InChI=1S/C28H25NO7/c1-16-14-21(35-3)12-13-22(16)25(30)23-24(17-8-10-20(34-2)11-9-17)29(27(32)26(23)31)19-7-5-6-18(15-19)28(33)36-4/h5-15,24,30H,1-4H3/b25-23-. The predicted molar refractivity (Wildman–Crippen MR) is 133 cm³/mol. The molecule has 0 saturated carbocycles. The number of hydrogen-bond acceptors (Lipinski definition) is 7. The Kier molecular flexibility index (Phi) is 6.78. The fourth-order valence-corrected chi connectivity index (χ4v) is 4.27. The maximum Gasteiger partial charge on any atom is 0.337 e. The molecule has 8 nitrogen and oxygen atoms in total. The minimum absolute atomic E-state index is 0.0677. The lowest BCUT2D eigenvalue weighted by atomic mass is 9.93. The van der Waals surface area contributed by atoms with Gasteiger partial charge in [0.25, 0.3) is 11.7 Å². The van der Waals surface area contributed by atoms with Crippen LogP contribution in [0.2, 0.25) is 0 Å². The van der Waals surface area contributed by atoms with Crippen LogP contribution in [0.1, 0.15) is 33.1 Å². The van der Waals surface area contributed by atoms with Crippen molar-refractivity contribution in [3.05, 3.63) is 94.6 Å². The monoisotopic (exact) mass is 487 g/mol. The Balaban J connectivity index is 1.94. The quantitative estimate of drug-likeness (QED) is 0.238. The van der Waals surface area contributed by atoms with Crippen molar-refractivity contribution in [3.63, 3.8) is 0 Å². The lowest BCUT2D eigenvalue weighted by molar-refractivity contribution is -0.132. The number of rotatable bonds is 6. The summed E-state index contributed by atoms with van der Waals surface area (Å²) in [5.74, 6) is -1.37. The average molecular weight is 488 g/mol. The summed E-state index contributed by atoms with van der Waals surface area (Å²) >= 11 is 0.